The molecule has 0 aliphatic carbocycles. The molecule has 1 amide bonds. The third-order valence-corrected chi connectivity index (χ3v) is 4.59. The maximum absolute atomic E-state index is 11.9. The van der Waals surface area contributed by atoms with E-state index in [1.54, 1.807) is 12.4 Å². The number of aromatic nitrogens is 2. The van der Waals surface area contributed by atoms with Crippen LogP contribution in [0.5, 0.6) is 5.75 Å². The Labute approximate surface area is 181 Å². The summed E-state index contributed by atoms with van der Waals surface area (Å²) in [6.07, 6.45) is 5.69. The lowest BCUT2D eigenvalue weighted by molar-refractivity contribution is -0.124. The topological polar surface area (TPSA) is 137 Å². The Morgan fingerprint density at radius 2 is 2.13 bits per heavy atom. The van der Waals surface area contributed by atoms with Gasteiger partial charge in [-0.1, -0.05) is 12.1 Å². The van der Waals surface area contributed by atoms with Gasteiger partial charge in [0.2, 0.25) is 0 Å². The summed E-state index contributed by atoms with van der Waals surface area (Å²) in [5.74, 6) is 1.37. The minimum atomic E-state index is -0.250. The first kappa shape index (κ1) is 24.3. The Morgan fingerprint density at radius 1 is 1.35 bits per heavy atom. The first-order valence-corrected chi connectivity index (χ1v) is 10.1. The molecule has 1 unspecified atom stereocenters. The number of imidazole rings is 1. The summed E-state index contributed by atoms with van der Waals surface area (Å²) in [6.45, 7) is 3.02. The summed E-state index contributed by atoms with van der Waals surface area (Å²) in [6, 6.07) is 7.64. The second-order valence-corrected chi connectivity index (χ2v) is 6.95. The van der Waals surface area contributed by atoms with Gasteiger partial charge in [-0.25, -0.2) is 4.98 Å². The van der Waals surface area contributed by atoms with Crippen molar-refractivity contribution in [2.75, 3.05) is 32.9 Å². The summed E-state index contributed by atoms with van der Waals surface area (Å²) in [4.78, 5) is 29.7. The van der Waals surface area contributed by atoms with Gasteiger partial charge in [0.1, 0.15) is 11.6 Å². The van der Waals surface area contributed by atoms with Crippen molar-refractivity contribution in [3.63, 3.8) is 0 Å². The van der Waals surface area contributed by atoms with E-state index in [-0.39, 0.29) is 31.7 Å². The number of ether oxygens (including phenoxy) is 2. The summed E-state index contributed by atoms with van der Waals surface area (Å²) in [5, 5.41) is 19.0. The van der Waals surface area contributed by atoms with Crippen molar-refractivity contribution >= 4 is 12.4 Å². The Bertz CT molecular complexity index is 748. The smallest absolute Gasteiger partial charge is 0.290 e. The summed E-state index contributed by atoms with van der Waals surface area (Å²) in [5.41, 5.74) is 1.09. The number of nitrogens with one attached hydrogen (secondary N) is 2. The second-order valence-electron chi connectivity index (χ2n) is 6.95. The van der Waals surface area contributed by atoms with Crippen LogP contribution in [0.25, 0.3) is 0 Å². The highest BCUT2D eigenvalue weighted by atomic mass is 16.5. The molecule has 1 fully saturated rings. The number of amides is 1. The molecule has 2 aromatic rings. The van der Waals surface area contributed by atoms with E-state index in [1.165, 1.54) is 0 Å². The van der Waals surface area contributed by atoms with E-state index in [9.17, 15) is 9.90 Å². The lowest BCUT2D eigenvalue weighted by Gasteiger charge is -2.20. The summed E-state index contributed by atoms with van der Waals surface area (Å²) < 4.78 is 11.0. The minimum Gasteiger partial charge on any atom is -0.484 e. The number of hydrogen-bond acceptors (Lipinski definition) is 7. The van der Waals surface area contributed by atoms with E-state index in [0.29, 0.717) is 31.9 Å². The molecule has 1 aromatic heterocycles. The Morgan fingerprint density at radius 3 is 2.74 bits per heavy atom. The molecule has 2 heterocycles. The molecule has 1 saturated heterocycles. The van der Waals surface area contributed by atoms with E-state index in [0.717, 1.165) is 30.8 Å². The highest BCUT2D eigenvalue weighted by Crippen LogP contribution is 2.15. The number of rotatable bonds is 11. The molecule has 3 rings (SSSR count). The van der Waals surface area contributed by atoms with Crippen LogP contribution in [-0.2, 0) is 27.4 Å². The zero-order valence-electron chi connectivity index (χ0n) is 17.4. The predicted octanol–water partition coefficient (Wildman–Crippen LogP) is 0.779. The largest absolute Gasteiger partial charge is 0.484 e. The van der Waals surface area contributed by atoms with Gasteiger partial charge in [-0.05, 0) is 30.5 Å². The van der Waals surface area contributed by atoms with Gasteiger partial charge in [-0.15, -0.1) is 0 Å². The van der Waals surface area contributed by atoms with Crippen molar-refractivity contribution in [2.24, 2.45) is 0 Å². The number of carboxylic acid groups (broad SMARTS) is 1. The minimum absolute atomic E-state index is 0.0127. The third-order valence-electron chi connectivity index (χ3n) is 4.59. The van der Waals surface area contributed by atoms with Crippen LogP contribution in [0.3, 0.4) is 0 Å². The van der Waals surface area contributed by atoms with Gasteiger partial charge in [0.15, 0.2) is 6.61 Å². The van der Waals surface area contributed by atoms with Gasteiger partial charge in [0.05, 0.1) is 19.3 Å². The SMILES string of the molecule is O=C(COc1ccc(CN(CCO)Cc2ncc[nH]2)cc1)NCC1CCCO1.O=CO. The van der Waals surface area contributed by atoms with Crippen LogP contribution < -0.4 is 10.1 Å². The molecule has 1 aliphatic rings. The lowest BCUT2D eigenvalue weighted by Crippen LogP contribution is -2.35. The number of aliphatic hydroxyl groups is 1. The van der Waals surface area contributed by atoms with Gasteiger partial charge in [-0.3, -0.25) is 14.5 Å². The predicted molar refractivity (Wildman–Crippen MR) is 112 cm³/mol. The fourth-order valence-electron chi connectivity index (χ4n) is 3.13. The van der Waals surface area contributed by atoms with E-state index < -0.39 is 0 Å². The van der Waals surface area contributed by atoms with Crippen LogP contribution in [0.4, 0.5) is 0 Å². The number of carbonyl (C=O) groups is 2. The average molecular weight is 434 g/mol. The average Bonchev–Trinajstić information content (AvgIpc) is 3.47. The van der Waals surface area contributed by atoms with Crippen molar-refractivity contribution in [3.8, 4) is 5.75 Å². The zero-order valence-corrected chi connectivity index (χ0v) is 17.4. The molecule has 0 radical (unpaired) electrons. The first-order valence-electron chi connectivity index (χ1n) is 10.1. The van der Waals surface area contributed by atoms with Crippen molar-refractivity contribution in [1.29, 1.82) is 0 Å². The van der Waals surface area contributed by atoms with Crippen molar-refractivity contribution < 1.29 is 29.3 Å². The normalized spacial score (nSPS) is 15.2. The molecule has 0 spiro atoms. The second kappa shape index (κ2) is 14.1. The molecule has 1 aromatic carbocycles. The van der Waals surface area contributed by atoms with Crippen LogP contribution in [0.2, 0.25) is 0 Å². The van der Waals surface area contributed by atoms with Gasteiger partial charge in [0, 0.05) is 38.6 Å². The number of benzene rings is 1. The third kappa shape index (κ3) is 9.60. The number of H-pyrrole nitrogens is 1. The molecule has 10 heteroatoms. The number of aliphatic hydroxyl groups excluding tert-OH is 1. The standard InChI is InChI=1S/C20H28N4O4.CH2O2/c25-10-9-24(14-19-21-7-8-22-19)13-16-3-5-17(6-4-16)28-15-20(26)23-12-18-2-1-11-27-18;2-1-3/h3-8,18,25H,1-2,9-15H2,(H,21,22)(H,23,26);1H,(H,2,3). The number of carbonyl (C=O) groups excluding carboxylic acids is 1. The fraction of sp³-hybridized carbons (Fsp3) is 0.476. The van der Waals surface area contributed by atoms with Crippen molar-refractivity contribution in [3.05, 3.63) is 48.0 Å². The monoisotopic (exact) mass is 434 g/mol. The fourth-order valence-corrected chi connectivity index (χ4v) is 3.13. The summed E-state index contributed by atoms with van der Waals surface area (Å²) >= 11 is 0. The molecule has 0 saturated carbocycles. The molecule has 0 bridgehead atoms. The maximum Gasteiger partial charge on any atom is 0.290 e. The molecule has 170 valence electrons. The number of nitrogens with zero attached hydrogens (tertiary/aromatic N) is 2. The first-order chi connectivity index (χ1) is 15.1. The van der Waals surface area contributed by atoms with Gasteiger partial charge in [0.25, 0.3) is 12.4 Å². The summed E-state index contributed by atoms with van der Waals surface area (Å²) in [7, 11) is 0. The van der Waals surface area contributed by atoms with E-state index in [2.05, 4.69) is 20.2 Å². The number of aromatic amines is 1. The highest BCUT2D eigenvalue weighted by Gasteiger charge is 2.16. The number of hydrogen-bond donors (Lipinski definition) is 4. The zero-order chi connectivity index (χ0) is 22.3. The molecule has 1 atom stereocenters. The molecule has 1 aliphatic heterocycles. The quantitative estimate of drug-likeness (QED) is 0.381. The molecule has 10 nitrogen and oxygen atoms in total. The lowest BCUT2D eigenvalue weighted by atomic mass is 10.2. The van der Waals surface area contributed by atoms with E-state index in [4.69, 9.17) is 19.4 Å². The van der Waals surface area contributed by atoms with Crippen LogP contribution in [0.15, 0.2) is 36.7 Å². The van der Waals surface area contributed by atoms with Crippen molar-refractivity contribution in [1.82, 2.24) is 20.2 Å². The molecular weight excluding hydrogens is 404 g/mol. The van der Waals surface area contributed by atoms with Gasteiger partial charge >= 0.3 is 0 Å². The van der Waals surface area contributed by atoms with E-state index in [1.807, 2.05) is 24.3 Å². The maximum atomic E-state index is 11.9. The highest BCUT2D eigenvalue weighted by molar-refractivity contribution is 5.77. The van der Waals surface area contributed by atoms with Gasteiger partial charge < -0.3 is 30.0 Å². The van der Waals surface area contributed by atoms with Crippen LogP contribution >= 0.6 is 0 Å². The van der Waals surface area contributed by atoms with E-state index >= 15 is 0 Å². The van der Waals surface area contributed by atoms with Crippen LogP contribution in [-0.4, -0.2) is 76.5 Å². The molecular formula is C21H30N4O6. The van der Waals surface area contributed by atoms with Crippen molar-refractivity contribution in [2.45, 2.75) is 32.0 Å². The molecule has 4 N–H and O–H groups in total. The van der Waals surface area contributed by atoms with Crippen LogP contribution in [0.1, 0.15) is 24.2 Å². The van der Waals surface area contributed by atoms with Gasteiger partial charge in [-0.2, -0.15) is 0 Å². The Balaban J connectivity index is 0.00000107. The molecule has 31 heavy (non-hydrogen) atoms. The van der Waals surface area contributed by atoms with Crippen LogP contribution in [0, 0.1) is 0 Å². The Kier molecular flexibility index (Phi) is 11.1. The Hall–Kier alpha value is -2.95.